The molecule has 1 fully saturated rings. The SMILES string of the molecule is O=C(COc1ccc(S(=O)(=O)N2CCOCC2)cc1Cl)Nc1ccc(Cl)cc1Cl. The number of nitrogens with one attached hydrogen (secondary N) is 1. The largest absolute Gasteiger partial charge is 0.482 e. The fourth-order valence-corrected chi connectivity index (χ4v) is 4.81. The van der Waals surface area contributed by atoms with E-state index in [0.717, 1.165) is 0 Å². The highest BCUT2D eigenvalue weighted by Crippen LogP contribution is 2.29. The predicted molar refractivity (Wildman–Crippen MR) is 112 cm³/mol. The van der Waals surface area contributed by atoms with Crippen LogP contribution in [0, 0.1) is 0 Å². The number of anilines is 1. The Morgan fingerprint density at radius 3 is 2.45 bits per heavy atom. The minimum absolute atomic E-state index is 0.0501. The van der Waals surface area contributed by atoms with Gasteiger partial charge in [0.2, 0.25) is 10.0 Å². The molecule has 1 amide bonds. The molecule has 1 aliphatic rings. The average Bonchev–Trinajstić information content (AvgIpc) is 2.70. The molecule has 3 rings (SSSR count). The van der Waals surface area contributed by atoms with Crippen LogP contribution in [-0.2, 0) is 19.6 Å². The summed E-state index contributed by atoms with van der Waals surface area (Å²) in [5.41, 5.74) is 0.391. The van der Waals surface area contributed by atoms with Crippen molar-refractivity contribution in [3.05, 3.63) is 51.5 Å². The Morgan fingerprint density at radius 2 is 1.79 bits per heavy atom. The lowest BCUT2D eigenvalue weighted by Crippen LogP contribution is -2.40. The van der Waals surface area contributed by atoms with Crippen LogP contribution in [0.15, 0.2) is 41.3 Å². The van der Waals surface area contributed by atoms with E-state index in [1.807, 2.05) is 0 Å². The third-order valence-electron chi connectivity index (χ3n) is 4.08. The lowest BCUT2D eigenvalue weighted by molar-refractivity contribution is -0.118. The molecule has 0 aliphatic carbocycles. The van der Waals surface area contributed by atoms with Gasteiger partial charge in [0.05, 0.1) is 33.8 Å². The number of ether oxygens (including phenoxy) is 2. The molecule has 0 radical (unpaired) electrons. The number of hydrogen-bond acceptors (Lipinski definition) is 5. The Balaban J connectivity index is 1.64. The summed E-state index contributed by atoms with van der Waals surface area (Å²) in [5, 5.41) is 3.41. The molecule has 1 saturated heterocycles. The molecule has 29 heavy (non-hydrogen) atoms. The molecule has 0 atom stereocenters. The Hall–Kier alpha value is -1.55. The first-order valence-electron chi connectivity index (χ1n) is 8.52. The first-order valence-corrected chi connectivity index (χ1v) is 11.1. The van der Waals surface area contributed by atoms with Crippen LogP contribution in [0.2, 0.25) is 15.1 Å². The number of carbonyl (C=O) groups is 1. The second-order valence-corrected chi connectivity index (χ2v) is 9.26. The van der Waals surface area contributed by atoms with Crippen molar-refractivity contribution in [1.82, 2.24) is 4.31 Å². The van der Waals surface area contributed by atoms with Gasteiger partial charge in [-0.3, -0.25) is 4.79 Å². The summed E-state index contributed by atoms with van der Waals surface area (Å²) in [7, 11) is -3.67. The molecule has 1 aliphatic heterocycles. The quantitative estimate of drug-likeness (QED) is 0.683. The van der Waals surface area contributed by atoms with Gasteiger partial charge in [-0.2, -0.15) is 4.31 Å². The third-order valence-corrected chi connectivity index (χ3v) is 6.81. The van der Waals surface area contributed by atoms with Gasteiger partial charge in [0.1, 0.15) is 5.75 Å². The highest BCUT2D eigenvalue weighted by molar-refractivity contribution is 7.89. The van der Waals surface area contributed by atoms with E-state index in [9.17, 15) is 13.2 Å². The first-order chi connectivity index (χ1) is 13.8. The summed E-state index contributed by atoms with van der Waals surface area (Å²) in [4.78, 5) is 12.1. The maximum atomic E-state index is 12.7. The van der Waals surface area contributed by atoms with Crippen molar-refractivity contribution in [2.75, 3.05) is 38.2 Å². The van der Waals surface area contributed by atoms with Crippen LogP contribution < -0.4 is 10.1 Å². The van der Waals surface area contributed by atoms with Gasteiger partial charge in [0.15, 0.2) is 6.61 Å². The van der Waals surface area contributed by atoms with Gasteiger partial charge in [-0.15, -0.1) is 0 Å². The van der Waals surface area contributed by atoms with Gasteiger partial charge in [-0.05, 0) is 36.4 Å². The average molecular weight is 480 g/mol. The van der Waals surface area contributed by atoms with Gasteiger partial charge in [0, 0.05) is 18.1 Å². The van der Waals surface area contributed by atoms with Crippen LogP contribution in [0.3, 0.4) is 0 Å². The summed E-state index contributed by atoms with van der Waals surface area (Å²) >= 11 is 18.0. The Bertz CT molecular complexity index is 1010. The number of carbonyl (C=O) groups excluding carboxylic acids is 1. The fourth-order valence-electron chi connectivity index (χ4n) is 2.62. The normalized spacial score (nSPS) is 15.1. The molecule has 156 valence electrons. The number of rotatable bonds is 6. The van der Waals surface area contributed by atoms with Crippen molar-refractivity contribution in [2.24, 2.45) is 0 Å². The molecular formula is C18H17Cl3N2O5S. The molecule has 1 heterocycles. The van der Waals surface area contributed by atoms with Crippen molar-refractivity contribution in [2.45, 2.75) is 4.90 Å². The van der Waals surface area contributed by atoms with Crippen LogP contribution in [-0.4, -0.2) is 51.5 Å². The zero-order valence-electron chi connectivity index (χ0n) is 15.0. The predicted octanol–water partition coefficient (Wildman–Crippen LogP) is 3.69. The van der Waals surface area contributed by atoms with E-state index in [4.69, 9.17) is 44.3 Å². The van der Waals surface area contributed by atoms with Crippen LogP contribution in [0.1, 0.15) is 0 Å². The van der Waals surface area contributed by atoms with E-state index < -0.39 is 15.9 Å². The Kier molecular flexibility index (Phi) is 7.26. The summed E-state index contributed by atoms with van der Waals surface area (Å²) in [6, 6.07) is 8.77. The standard InChI is InChI=1S/C18H17Cl3N2O5S/c19-12-1-3-16(14(20)9-12)22-18(24)11-28-17-4-2-13(10-15(17)21)29(25,26)23-5-7-27-8-6-23/h1-4,9-10H,5-8,11H2,(H,22,24). The smallest absolute Gasteiger partial charge is 0.262 e. The molecular weight excluding hydrogens is 463 g/mol. The summed E-state index contributed by atoms with van der Waals surface area (Å²) < 4.78 is 37.2. The number of halogens is 3. The number of amides is 1. The zero-order chi connectivity index (χ0) is 21.0. The van der Waals surface area contributed by atoms with Crippen LogP contribution in [0.4, 0.5) is 5.69 Å². The van der Waals surface area contributed by atoms with Crippen molar-refractivity contribution in [1.29, 1.82) is 0 Å². The molecule has 2 aromatic rings. The monoisotopic (exact) mass is 478 g/mol. The van der Waals surface area contributed by atoms with E-state index in [1.165, 1.54) is 28.6 Å². The molecule has 7 nitrogen and oxygen atoms in total. The molecule has 11 heteroatoms. The number of benzene rings is 2. The molecule has 2 aromatic carbocycles. The lowest BCUT2D eigenvalue weighted by Gasteiger charge is -2.26. The lowest BCUT2D eigenvalue weighted by atomic mass is 10.3. The van der Waals surface area contributed by atoms with Gasteiger partial charge in [-0.25, -0.2) is 8.42 Å². The van der Waals surface area contributed by atoms with Gasteiger partial charge in [-0.1, -0.05) is 34.8 Å². The molecule has 0 bridgehead atoms. The molecule has 0 saturated carbocycles. The Labute approximate surface area is 183 Å². The van der Waals surface area contributed by atoms with E-state index in [0.29, 0.717) is 28.9 Å². The molecule has 0 spiro atoms. The van der Waals surface area contributed by atoms with Crippen molar-refractivity contribution in [3.8, 4) is 5.75 Å². The maximum absolute atomic E-state index is 12.7. The van der Waals surface area contributed by atoms with Gasteiger partial charge >= 0.3 is 0 Å². The third kappa shape index (κ3) is 5.53. The van der Waals surface area contributed by atoms with Crippen molar-refractivity contribution < 1.29 is 22.7 Å². The van der Waals surface area contributed by atoms with Crippen LogP contribution in [0.5, 0.6) is 5.75 Å². The Morgan fingerprint density at radius 1 is 1.07 bits per heavy atom. The van der Waals surface area contributed by atoms with E-state index >= 15 is 0 Å². The van der Waals surface area contributed by atoms with Crippen molar-refractivity contribution in [3.63, 3.8) is 0 Å². The number of morpholine rings is 1. The summed E-state index contributed by atoms with van der Waals surface area (Å²) in [6.07, 6.45) is 0. The fraction of sp³-hybridized carbons (Fsp3) is 0.278. The highest BCUT2D eigenvalue weighted by atomic mass is 35.5. The second kappa shape index (κ2) is 9.51. The second-order valence-electron chi connectivity index (χ2n) is 6.07. The minimum atomic E-state index is -3.67. The topological polar surface area (TPSA) is 84.9 Å². The van der Waals surface area contributed by atoms with E-state index in [1.54, 1.807) is 12.1 Å². The number of hydrogen-bond donors (Lipinski definition) is 1. The molecule has 0 unspecified atom stereocenters. The highest BCUT2D eigenvalue weighted by Gasteiger charge is 2.27. The van der Waals surface area contributed by atoms with Crippen LogP contribution in [0.25, 0.3) is 0 Å². The number of nitrogens with zero attached hydrogens (tertiary/aromatic N) is 1. The van der Waals surface area contributed by atoms with Crippen LogP contribution >= 0.6 is 34.8 Å². The molecule has 1 N–H and O–H groups in total. The van der Waals surface area contributed by atoms with Gasteiger partial charge < -0.3 is 14.8 Å². The summed E-state index contributed by atoms with van der Waals surface area (Å²) in [5.74, 6) is -0.278. The van der Waals surface area contributed by atoms with E-state index in [2.05, 4.69) is 5.32 Å². The maximum Gasteiger partial charge on any atom is 0.262 e. The zero-order valence-corrected chi connectivity index (χ0v) is 18.1. The number of sulfonamides is 1. The van der Waals surface area contributed by atoms with E-state index in [-0.39, 0.29) is 35.4 Å². The minimum Gasteiger partial charge on any atom is -0.482 e. The van der Waals surface area contributed by atoms with Gasteiger partial charge in [0.25, 0.3) is 5.91 Å². The molecule has 0 aromatic heterocycles. The first kappa shape index (κ1) is 22.1. The van der Waals surface area contributed by atoms with Crippen molar-refractivity contribution >= 4 is 56.4 Å². The summed E-state index contributed by atoms with van der Waals surface area (Å²) in [6.45, 7) is 0.924.